The second-order valence-corrected chi connectivity index (χ2v) is 5.76. The number of carbonyl (C=O) groups excluding carboxylic acids is 2. The van der Waals surface area contributed by atoms with Gasteiger partial charge in [0.15, 0.2) is 5.78 Å². The number of carbonyl (C=O) groups is 2. The SMILES string of the molecule is O=C1/C=C/CCC2OC2CCOC(=O)c2c(O)cc(O)cc2C1. The molecule has 122 valence electrons. The van der Waals surface area contributed by atoms with Crippen molar-refractivity contribution in [1.29, 1.82) is 0 Å². The van der Waals surface area contributed by atoms with Gasteiger partial charge in [-0.15, -0.1) is 0 Å². The van der Waals surface area contributed by atoms with Gasteiger partial charge in [0.25, 0.3) is 0 Å². The van der Waals surface area contributed by atoms with Crippen molar-refractivity contribution in [3.63, 3.8) is 0 Å². The Kier molecular flexibility index (Phi) is 4.34. The summed E-state index contributed by atoms with van der Waals surface area (Å²) in [4.78, 5) is 24.2. The van der Waals surface area contributed by atoms with Crippen LogP contribution in [0.4, 0.5) is 0 Å². The van der Waals surface area contributed by atoms with Gasteiger partial charge < -0.3 is 19.7 Å². The smallest absolute Gasteiger partial charge is 0.342 e. The minimum absolute atomic E-state index is 0.0742. The van der Waals surface area contributed by atoms with Gasteiger partial charge in [0.1, 0.15) is 17.1 Å². The number of aromatic hydroxyl groups is 2. The molecule has 1 saturated heterocycles. The molecule has 6 heteroatoms. The molecule has 0 spiro atoms. The lowest BCUT2D eigenvalue weighted by Gasteiger charge is -2.11. The first kappa shape index (κ1) is 15.6. The number of hydrogen-bond donors (Lipinski definition) is 2. The highest BCUT2D eigenvalue weighted by molar-refractivity contribution is 5.98. The molecule has 0 saturated carbocycles. The Labute approximate surface area is 133 Å². The molecule has 1 aromatic carbocycles. The fourth-order valence-corrected chi connectivity index (χ4v) is 2.79. The first-order valence-corrected chi connectivity index (χ1v) is 7.61. The van der Waals surface area contributed by atoms with E-state index in [9.17, 15) is 19.8 Å². The fraction of sp³-hybridized carbons (Fsp3) is 0.412. The predicted molar refractivity (Wildman–Crippen MR) is 80.4 cm³/mol. The lowest BCUT2D eigenvalue weighted by molar-refractivity contribution is -0.114. The van der Waals surface area contributed by atoms with Crippen molar-refractivity contribution in [1.82, 2.24) is 0 Å². The van der Waals surface area contributed by atoms with Crippen LogP contribution in [0.2, 0.25) is 0 Å². The number of esters is 1. The predicted octanol–water partition coefficient (Wildman–Crippen LogP) is 1.87. The molecular weight excluding hydrogens is 300 g/mol. The van der Waals surface area contributed by atoms with Crippen molar-refractivity contribution in [2.75, 3.05) is 6.61 Å². The number of ether oxygens (including phenoxy) is 2. The van der Waals surface area contributed by atoms with E-state index in [2.05, 4.69) is 0 Å². The van der Waals surface area contributed by atoms with Crippen LogP contribution in [0.25, 0.3) is 0 Å². The molecule has 0 bridgehead atoms. The molecule has 2 heterocycles. The normalized spacial score (nSPS) is 26.4. The number of ketones is 1. The van der Waals surface area contributed by atoms with Crippen LogP contribution in [0.5, 0.6) is 11.5 Å². The van der Waals surface area contributed by atoms with Gasteiger partial charge >= 0.3 is 5.97 Å². The Morgan fingerprint density at radius 2 is 1.87 bits per heavy atom. The Bertz CT molecular complexity index is 663. The molecule has 0 amide bonds. The number of cyclic esters (lactones) is 1. The van der Waals surface area contributed by atoms with Crippen LogP contribution in [-0.4, -0.2) is 40.8 Å². The molecule has 23 heavy (non-hydrogen) atoms. The summed E-state index contributed by atoms with van der Waals surface area (Å²) < 4.78 is 10.6. The maximum absolute atomic E-state index is 12.2. The number of epoxide rings is 1. The molecule has 0 aromatic heterocycles. The summed E-state index contributed by atoms with van der Waals surface area (Å²) in [5.74, 6) is -1.52. The minimum atomic E-state index is -0.705. The van der Waals surface area contributed by atoms with Gasteiger partial charge in [0, 0.05) is 18.9 Å². The first-order valence-electron chi connectivity index (χ1n) is 7.61. The van der Waals surface area contributed by atoms with E-state index in [1.54, 1.807) is 6.08 Å². The first-order chi connectivity index (χ1) is 11.0. The summed E-state index contributed by atoms with van der Waals surface area (Å²) in [7, 11) is 0. The zero-order valence-corrected chi connectivity index (χ0v) is 12.5. The topological polar surface area (TPSA) is 96.4 Å². The Balaban J connectivity index is 1.88. The molecule has 2 aliphatic heterocycles. The number of hydrogen-bond acceptors (Lipinski definition) is 6. The molecule has 0 aliphatic carbocycles. The van der Waals surface area contributed by atoms with Crippen LogP contribution in [0.3, 0.4) is 0 Å². The van der Waals surface area contributed by atoms with Crippen molar-refractivity contribution >= 4 is 11.8 Å². The van der Waals surface area contributed by atoms with E-state index in [0.29, 0.717) is 6.42 Å². The number of fused-ring (bicyclic) bond motifs is 2. The molecular formula is C17H18O6. The van der Waals surface area contributed by atoms with Gasteiger partial charge in [-0.3, -0.25) is 4.79 Å². The van der Waals surface area contributed by atoms with E-state index in [-0.39, 0.29) is 47.9 Å². The highest BCUT2D eigenvalue weighted by Crippen LogP contribution is 2.31. The third-order valence-electron chi connectivity index (χ3n) is 4.00. The Hall–Kier alpha value is -2.34. The van der Waals surface area contributed by atoms with Crippen LogP contribution >= 0.6 is 0 Å². The molecule has 1 fully saturated rings. The quantitative estimate of drug-likeness (QED) is 0.560. The van der Waals surface area contributed by atoms with Gasteiger partial charge in [-0.1, -0.05) is 6.08 Å². The number of allylic oxidation sites excluding steroid dienone is 2. The second-order valence-electron chi connectivity index (χ2n) is 5.76. The van der Waals surface area contributed by atoms with Gasteiger partial charge in [-0.05, 0) is 30.5 Å². The number of phenols is 2. The van der Waals surface area contributed by atoms with E-state index in [4.69, 9.17) is 9.47 Å². The zero-order chi connectivity index (χ0) is 16.4. The van der Waals surface area contributed by atoms with Crippen LogP contribution in [0, 0.1) is 0 Å². The maximum Gasteiger partial charge on any atom is 0.342 e. The molecule has 3 rings (SSSR count). The maximum atomic E-state index is 12.2. The van der Waals surface area contributed by atoms with Crippen LogP contribution in [0.15, 0.2) is 24.3 Å². The molecule has 2 atom stereocenters. The lowest BCUT2D eigenvalue weighted by Crippen LogP contribution is -2.13. The van der Waals surface area contributed by atoms with Crippen molar-refractivity contribution in [2.45, 2.75) is 37.9 Å². The monoisotopic (exact) mass is 318 g/mol. The van der Waals surface area contributed by atoms with Gasteiger partial charge in [0.05, 0.1) is 18.8 Å². The van der Waals surface area contributed by atoms with Crippen molar-refractivity contribution in [3.8, 4) is 11.5 Å². The molecule has 2 aliphatic rings. The van der Waals surface area contributed by atoms with E-state index in [1.165, 1.54) is 12.1 Å². The minimum Gasteiger partial charge on any atom is -0.508 e. The molecule has 1 aromatic rings. The Morgan fingerprint density at radius 1 is 1.09 bits per heavy atom. The average Bonchev–Trinajstić information content (AvgIpc) is 3.20. The van der Waals surface area contributed by atoms with Crippen LogP contribution in [0.1, 0.15) is 35.2 Å². The summed E-state index contributed by atoms with van der Waals surface area (Å²) in [6.07, 6.45) is 5.58. The van der Waals surface area contributed by atoms with Crippen molar-refractivity contribution in [3.05, 3.63) is 35.4 Å². The highest BCUT2D eigenvalue weighted by atomic mass is 16.6. The molecule has 6 nitrogen and oxygen atoms in total. The van der Waals surface area contributed by atoms with Crippen molar-refractivity contribution < 1.29 is 29.3 Å². The standard InChI is InChI=1S/C17H18O6/c18-11-3-1-2-4-14-15(23-14)5-6-22-17(21)16-10(7-11)8-12(19)9-13(16)20/h1,3,8-9,14-15,19-20H,2,4-7H2/b3-1+. The zero-order valence-electron chi connectivity index (χ0n) is 12.5. The molecule has 0 radical (unpaired) electrons. The largest absolute Gasteiger partial charge is 0.508 e. The summed E-state index contributed by atoms with van der Waals surface area (Å²) in [6, 6.07) is 2.36. The van der Waals surface area contributed by atoms with E-state index < -0.39 is 11.7 Å². The average molecular weight is 318 g/mol. The summed E-state index contributed by atoms with van der Waals surface area (Å²) in [6.45, 7) is 0.184. The third-order valence-corrected chi connectivity index (χ3v) is 4.00. The van der Waals surface area contributed by atoms with Crippen molar-refractivity contribution in [2.24, 2.45) is 0 Å². The molecule has 2 N–H and O–H groups in total. The number of benzene rings is 1. The van der Waals surface area contributed by atoms with Crippen LogP contribution in [-0.2, 0) is 20.7 Å². The summed E-state index contributed by atoms with van der Waals surface area (Å²) in [5.41, 5.74) is 0.176. The van der Waals surface area contributed by atoms with E-state index >= 15 is 0 Å². The van der Waals surface area contributed by atoms with Gasteiger partial charge in [0.2, 0.25) is 0 Å². The number of rotatable bonds is 0. The fourth-order valence-electron chi connectivity index (χ4n) is 2.79. The summed E-state index contributed by atoms with van der Waals surface area (Å²) in [5, 5.41) is 19.5. The van der Waals surface area contributed by atoms with Gasteiger partial charge in [-0.2, -0.15) is 0 Å². The van der Waals surface area contributed by atoms with E-state index in [1.807, 2.05) is 0 Å². The summed E-state index contributed by atoms with van der Waals surface area (Å²) >= 11 is 0. The highest BCUT2D eigenvalue weighted by Gasteiger charge is 2.37. The number of phenolic OH excluding ortho intramolecular Hbond substituents is 2. The molecule has 2 unspecified atom stereocenters. The lowest BCUT2D eigenvalue weighted by atomic mass is 10.00. The third kappa shape index (κ3) is 3.71. The van der Waals surface area contributed by atoms with Gasteiger partial charge in [-0.25, -0.2) is 4.79 Å². The van der Waals surface area contributed by atoms with Crippen LogP contribution < -0.4 is 0 Å². The second kappa shape index (κ2) is 6.42. The Morgan fingerprint density at radius 3 is 2.70 bits per heavy atom. The van der Waals surface area contributed by atoms with E-state index in [0.717, 1.165) is 18.9 Å².